The van der Waals surface area contributed by atoms with Gasteiger partial charge >= 0.3 is 4.87 Å². The molecule has 0 aliphatic heterocycles. The third-order valence-electron chi connectivity index (χ3n) is 3.73. The molecular formula is C17H24ClN3O2S. The number of amides is 1. The lowest BCUT2D eigenvalue weighted by Crippen LogP contribution is -2.33. The summed E-state index contributed by atoms with van der Waals surface area (Å²) in [5.74, 6) is 0.0554. The monoisotopic (exact) mass is 369 g/mol. The second-order valence-electron chi connectivity index (χ2n) is 5.49. The number of hydrogen-bond donors (Lipinski definition) is 1. The molecule has 5 nitrogen and oxygen atoms in total. The summed E-state index contributed by atoms with van der Waals surface area (Å²) < 4.78 is 1.66. The van der Waals surface area contributed by atoms with Gasteiger partial charge in [0.25, 0.3) is 0 Å². The normalized spacial score (nSPS) is 10.2. The fourth-order valence-corrected chi connectivity index (χ4v) is 3.18. The summed E-state index contributed by atoms with van der Waals surface area (Å²) in [5, 5.41) is 1.82. The summed E-state index contributed by atoms with van der Waals surface area (Å²) in [6.07, 6.45) is 1.10. The van der Waals surface area contributed by atoms with Gasteiger partial charge in [-0.25, -0.2) is 0 Å². The summed E-state index contributed by atoms with van der Waals surface area (Å²) in [5.41, 5.74) is 7.58. The molecule has 0 bridgehead atoms. The number of nitrogens with two attached hydrogens (primary N) is 1. The Morgan fingerprint density at radius 1 is 1.29 bits per heavy atom. The van der Waals surface area contributed by atoms with Gasteiger partial charge in [-0.2, -0.15) is 0 Å². The van der Waals surface area contributed by atoms with Crippen molar-refractivity contribution in [2.24, 2.45) is 5.73 Å². The summed E-state index contributed by atoms with van der Waals surface area (Å²) in [7, 11) is 0. The van der Waals surface area contributed by atoms with Gasteiger partial charge in [0, 0.05) is 37.1 Å². The van der Waals surface area contributed by atoms with E-state index in [4.69, 9.17) is 5.73 Å². The van der Waals surface area contributed by atoms with E-state index in [1.54, 1.807) is 4.57 Å². The number of nitrogens with zero attached hydrogens (tertiary/aromatic N) is 2. The molecule has 1 amide bonds. The first-order chi connectivity index (χ1) is 11.1. The molecule has 7 heteroatoms. The van der Waals surface area contributed by atoms with Crippen LogP contribution in [0.2, 0.25) is 0 Å². The minimum atomic E-state index is -0.00753. The largest absolute Gasteiger partial charge is 0.338 e. The number of rotatable bonds is 8. The van der Waals surface area contributed by atoms with Crippen LogP contribution in [0, 0.1) is 6.92 Å². The van der Waals surface area contributed by atoms with E-state index >= 15 is 0 Å². The number of halogens is 1. The predicted molar refractivity (Wildman–Crippen MR) is 101 cm³/mol. The van der Waals surface area contributed by atoms with Crippen molar-refractivity contribution < 1.29 is 4.79 Å². The Morgan fingerprint density at radius 3 is 2.58 bits per heavy atom. The Labute approximate surface area is 152 Å². The molecule has 1 aromatic heterocycles. The quantitative estimate of drug-likeness (QED) is 0.776. The molecule has 0 spiro atoms. The Kier molecular flexibility index (Phi) is 8.74. The maximum Gasteiger partial charge on any atom is 0.307 e. The van der Waals surface area contributed by atoms with E-state index in [2.05, 4.69) is 0 Å². The molecule has 0 aliphatic carbocycles. The second kappa shape index (κ2) is 10.3. The van der Waals surface area contributed by atoms with Gasteiger partial charge in [0.15, 0.2) is 0 Å². The first kappa shape index (κ1) is 20.4. The molecule has 1 heterocycles. The smallest absolute Gasteiger partial charge is 0.307 e. The van der Waals surface area contributed by atoms with Crippen LogP contribution in [0.3, 0.4) is 0 Å². The number of aromatic nitrogens is 1. The van der Waals surface area contributed by atoms with Gasteiger partial charge in [0.05, 0.1) is 0 Å². The number of hydrogen-bond acceptors (Lipinski definition) is 4. The van der Waals surface area contributed by atoms with E-state index in [-0.39, 0.29) is 23.2 Å². The molecule has 0 saturated carbocycles. The van der Waals surface area contributed by atoms with Crippen molar-refractivity contribution in [3.63, 3.8) is 0 Å². The van der Waals surface area contributed by atoms with E-state index in [1.165, 1.54) is 11.3 Å². The number of thiazole rings is 1. The topological polar surface area (TPSA) is 68.3 Å². The zero-order chi connectivity index (χ0) is 16.7. The lowest BCUT2D eigenvalue weighted by atomic mass is 10.2. The molecule has 2 N–H and O–H groups in total. The molecule has 0 radical (unpaired) electrons. The highest BCUT2D eigenvalue weighted by molar-refractivity contribution is 7.07. The van der Waals surface area contributed by atoms with Crippen molar-refractivity contribution in [2.75, 3.05) is 13.1 Å². The average Bonchev–Trinajstić information content (AvgIpc) is 2.88. The van der Waals surface area contributed by atoms with E-state index in [0.29, 0.717) is 32.6 Å². The third kappa shape index (κ3) is 5.78. The Hall–Kier alpha value is -1.63. The lowest BCUT2D eigenvalue weighted by Gasteiger charge is -2.23. The van der Waals surface area contributed by atoms with Gasteiger partial charge in [-0.05, 0) is 25.5 Å². The number of aryl methyl sites for hydroxylation is 1. The molecule has 2 rings (SSSR count). The summed E-state index contributed by atoms with van der Waals surface area (Å²) in [4.78, 5) is 26.1. The van der Waals surface area contributed by atoms with Crippen LogP contribution in [0.5, 0.6) is 0 Å². The maximum absolute atomic E-state index is 12.5. The van der Waals surface area contributed by atoms with E-state index in [9.17, 15) is 9.59 Å². The molecule has 1 aromatic carbocycles. The highest BCUT2D eigenvalue weighted by Crippen LogP contribution is 2.08. The third-order valence-corrected chi connectivity index (χ3v) is 4.61. The van der Waals surface area contributed by atoms with Crippen molar-refractivity contribution in [1.29, 1.82) is 0 Å². The van der Waals surface area contributed by atoms with Gasteiger partial charge in [-0.15, -0.1) is 12.4 Å². The molecule has 2 aromatic rings. The van der Waals surface area contributed by atoms with Crippen LogP contribution >= 0.6 is 23.7 Å². The average molecular weight is 370 g/mol. The van der Waals surface area contributed by atoms with Crippen molar-refractivity contribution in [1.82, 2.24) is 9.47 Å². The molecule has 0 unspecified atom stereocenters. The van der Waals surface area contributed by atoms with Crippen molar-refractivity contribution >= 4 is 29.7 Å². The van der Waals surface area contributed by atoms with Crippen LogP contribution in [0.15, 0.2) is 40.5 Å². The highest BCUT2D eigenvalue weighted by atomic mass is 35.5. The molecule has 0 fully saturated rings. The number of carbonyl (C=O) groups excluding carboxylic acids is 1. The maximum atomic E-state index is 12.5. The van der Waals surface area contributed by atoms with Crippen molar-refractivity contribution in [3.05, 3.63) is 56.6 Å². The molecule has 24 heavy (non-hydrogen) atoms. The van der Waals surface area contributed by atoms with Crippen LogP contribution in [-0.2, 0) is 17.9 Å². The van der Waals surface area contributed by atoms with Crippen LogP contribution in [0.25, 0.3) is 0 Å². The van der Waals surface area contributed by atoms with Crippen LogP contribution in [0.1, 0.15) is 24.1 Å². The van der Waals surface area contributed by atoms with Gasteiger partial charge < -0.3 is 15.2 Å². The lowest BCUT2D eigenvalue weighted by molar-refractivity contribution is -0.132. The zero-order valence-electron chi connectivity index (χ0n) is 13.8. The van der Waals surface area contributed by atoms with Crippen molar-refractivity contribution in [3.8, 4) is 0 Å². The molecule has 0 aliphatic rings. The fraction of sp³-hybridized carbons (Fsp3) is 0.412. The first-order valence-corrected chi connectivity index (χ1v) is 8.66. The minimum absolute atomic E-state index is 0. The zero-order valence-corrected chi connectivity index (χ0v) is 15.4. The van der Waals surface area contributed by atoms with Crippen LogP contribution < -0.4 is 10.6 Å². The Balaban J connectivity index is 0.00000288. The second-order valence-corrected chi connectivity index (χ2v) is 6.31. The van der Waals surface area contributed by atoms with Gasteiger partial charge in [0.1, 0.15) is 0 Å². The molecule has 132 valence electrons. The van der Waals surface area contributed by atoms with E-state index in [0.717, 1.165) is 17.7 Å². The van der Waals surface area contributed by atoms with E-state index in [1.807, 2.05) is 47.5 Å². The van der Waals surface area contributed by atoms with Gasteiger partial charge in [-0.1, -0.05) is 41.7 Å². The number of carbonyl (C=O) groups is 1. The molecule has 0 saturated heterocycles. The van der Waals surface area contributed by atoms with Gasteiger partial charge in [-0.3, -0.25) is 9.59 Å². The minimum Gasteiger partial charge on any atom is -0.338 e. The Morgan fingerprint density at radius 2 is 2.00 bits per heavy atom. The molecular weight excluding hydrogens is 346 g/mol. The first-order valence-electron chi connectivity index (χ1n) is 7.78. The Bertz CT molecular complexity index is 685. The van der Waals surface area contributed by atoms with Crippen LogP contribution in [-0.4, -0.2) is 28.5 Å². The number of benzene rings is 1. The highest BCUT2D eigenvalue weighted by Gasteiger charge is 2.14. The van der Waals surface area contributed by atoms with Crippen molar-refractivity contribution in [2.45, 2.75) is 32.9 Å². The van der Waals surface area contributed by atoms with Crippen LogP contribution in [0.4, 0.5) is 0 Å². The summed E-state index contributed by atoms with van der Waals surface area (Å²) in [6.45, 7) is 4.10. The van der Waals surface area contributed by atoms with Gasteiger partial charge in [0.2, 0.25) is 5.91 Å². The predicted octanol–water partition coefficient (Wildman–Crippen LogP) is 2.41. The standard InChI is InChI=1S/C17H23N3O2S.ClH/c1-14-13-23-17(22)20(14)11-8-16(21)19(10-5-9-18)12-15-6-3-2-4-7-15;/h2-4,6-7,13H,5,8-12,18H2,1H3;1H. The summed E-state index contributed by atoms with van der Waals surface area (Å²) >= 11 is 1.17. The SMILES string of the molecule is Cc1csc(=O)n1CCC(=O)N(CCCN)Cc1ccccc1.Cl. The fourth-order valence-electron chi connectivity index (χ4n) is 2.42. The summed E-state index contributed by atoms with van der Waals surface area (Å²) in [6, 6.07) is 9.91. The molecule has 0 atom stereocenters. The van der Waals surface area contributed by atoms with E-state index < -0.39 is 0 Å².